The molecule has 5 heteroatoms. The first-order chi connectivity index (χ1) is 9.87. The normalized spacial score (nSPS) is 17.1. The van der Waals surface area contributed by atoms with Gasteiger partial charge in [0.25, 0.3) is 0 Å². The van der Waals surface area contributed by atoms with E-state index in [0.717, 1.165) is 17.7 Å². The van der Waals surface area contributed by atoms with E-state index in [9.17, 15) is 4.79 Å². The number of fused-ring (bicyclic) bond motifs is 1. The van der Waals surface area contributed by atoms with Crippen molar-refractivity contribution in [3.8, 4) is 11.5 Å². The van der Waals surface area contributed by atoms with Gasteiger partial charge in [-0.2, -0.15) is 0 Å². The fourth-order valence-corrected chi connectivity index (χ4v) is 2.29. The predicted octanol–water partition coefficient (Wildman–Crippen LogP) is 3.61. The van der Waals surface area contributed by atoms with Crippen LogP contribution in [0.2, 0.25) is 0 Å². The topological polar surface area (TPSA) is 47.6 Å². The second kappa shape index (κ2) is 6.14. The first-order valence-electron chi connectivity index (χ1n) is 7.21. The first kappa shape index (κ1) is 16.0. The van der Waals surface area contributed by atoms with Gasteiger partial charge in [0, 0.05) is 23.9 Å². The molecule has 0 fully saturated rings. The minimum Gasteiger partial charge on any atom is -0.492 e. The van der Waals surface area contributed by atoms with Gasteiger partial charge < -0.3 is 14.8 Å². The van der Waals surface area contributed by atoms with Crippen molar-refractivity contribution in [2.45, 2.75) is 40.2 Å². The van der Waals surface area contributed by atoms with Crippen LogP contribution in [-0.4, -0.2) is 24.5 Å². The Morgan fingerprint density at radius 1 is 1.52 bits per heavy atom. The summed E-state index contributed by atoms with van der Waals surface area (Å²) < 4.78 is 11.4. The first-order valence-corrected chi connectivity index (χ1v) is 7.74. The van der Waals surface area contributed by atoms with E-state index in [1.165, 1.54) is 0 Å². The van der Waals surface area contributed by atoms with Crippen LogP contribution in [0.5, 0.6) is 11.5 Å². The van der Waals surface area contributed by atoms with E-state index >= 15 is 0 Å². The number of amides is 1. The van der Waals surface area contributed by atoms with Gasteiger partial charge in [-0.1, -0.05) is 0 Å². The molecule has 0 saturated heterocycles. The van der Waals surface area contributed by atoms with Crippen LogP contribution in [0.1, 0.15) is 33.3 Å². The lowest BCUT2D eigenvalue weighted by molar-refractivity contribution is -0.122. The van der Waals surface area contributed by atoms with Crippen LogP contribution in [0.15, 0.2) is 12.1 Å². The highest BCUT2D eigenvalue weighted by atomic mass is 35.5. The molecular weight excluding hydrogens is 290 g/mol. The molecule has 1 atom stereocenters. The Balaban J connectivity index is 2.30. The van der Waals surface area contributed by atoms with E-state index < -0.39 is 5.41 Å². The number of benzene rings is 1. The average Bonchev–Trinajstić information content (AvgIpc) is 2.78. The van der Waals surface area contributed by atoms with E-state index in [0.29, 0.717) is 18.0 Å². The Bertz CT molecular complexity index is 543. The number of rotatable bonds is 5. The number of ether oxygens (including phenoxy) is 2. The molecule has 1 aromatic carbocycles. The molecule has 0 aliphatic carbocycles. The number of carbonyl (C=O) groups is 1. The summed E-state index contributed by atoms with van der Waals surface area (Å²) in [5, 5.41) is 2.90. The zero-order valence-electron chi connectivity index (χ0n) is 13.0. The van der Waals surface area contributed by atoms with Gasteiger partial charge in [0.2, 0.25) is 5.91 Å². The highest BCUT2D eigenvalue weighted by Crippen LogP contribution is 2.38. The number of alkyl halides is 1. The maximum Gasteiger partial charge on any atom is 0.231 e. The number of anilines is 1. The predicted molar refractivity (Wildman–Crippen MR) is 84.5 cm³/mol. The lowest BCUT2D eigenvalue weighted by Gasteiger charge is -2.22. The van der Waals surface area contributed by atoms with E-state index in [1.54, 1.807) is 0 Å². The highest BCUT2D eigenvalue weighted by Gasteiger charge is 2.28. The van der Waals surface area contributed by atoms with E-state index in [2.05, 4.69) is 5.32 Å². The van der Waals surface area contributed by atoms with Gasteiger partial charge in [0.1, 0.15) is 17.6 Å². The largest absolute Gasteiger partial charge is 0.492 e. The Morgan fingerprint density at radius 3 is 2.86 bits per heavy atom. The van der Waals surface area contributed by atoms with Gasteiger partial charge >= 0.3 is 0 Å². The molecule has 1 N–H and O–H groups in total. The quantitative estimate of drug-likeness (QED) is 0.845. The van der Waals surface area contributed by atoms with Crippen molar-refractivity contribution in [2.24, 2.45) is 5.41 Å². The molecule has 1 heterocycles. The maximum absolute atomic E-state index is 12.3. The maximum atomic E-state index is 12.3. The van der Waals surface area contributed by atoms with Gasteiger partial charge in [-0.3, -0.25) is 4.79 Å². The molecule has 0 radical (unpaired) electrons. The fraction of sp³-hybridized carbons (Fsp3) is 0.562. The summed E-state index contributed by atoms with van der Waals surface area (Å²) in [5.74, 6) is 1.60. The smallest absolute Gasteiger partial charge is 0.231 e. The molecule has 4 nitrogen and oxygen atoms in total. The lowest BCUT2D eigenvalue weighted by atomic mass is 9.95. The van der Waals surface area contributed by atoms with Crippen LogP contribution >= 0.6 is 11.6 Å². The molecule has 1 amide bonds. The second-order valence-corrected chi connectivity index (χ2v) is 6.26. The molecule has 2 rings (SSSR count). The number of hydrogen-bond acceptors (Lipinski definition) is 3. The monoisotopic (exact) mass is 311 g/mol. The van der Waals surface area contributed by atoms with Crippen LogP contribution in [0.25, 0.3) is 0 Å². The summed E-state index contributed by atoms with van der Waals surface area (Å²) in [6.45, 7) is 8.09. The van der Waals surface area contributed by atoms with Crippen LogP contribution in [-0.2, 0) is 11.2 Å². The van der Waals surface area contributed by atoms with E-state index in [4.69, 9.17) is 21.1 Å². The number of halogens is 1. The number of nitrogens with one attached hydrogen (secondary N) is 1. The van der Waals surface area contributed by atoms with Crippen LogP contribution in [0.4, 0.5) is 5.69 Å². The summed E-state index contributed by atoms with van der Waals surface area (Å²) in [5.41, 5.74) is 1.10. The molecule has 1 aromatic rings. The minimum atomic E-state index is -0.641. The number of hydrogen-bond donors (Lipinski definition) is 1. The van der Waals surface area contributed by atoms with E-state index in [1.807, 2.05) is 39.8 Å². The zero-order valence-corrected chi connectivity index (χ0v) is 13.7. The van der Waals surface area contributed by atoms with Crippen molar-refractivity contribution in [3.05, 3.63) is 17.7 Å². The Hall–Kier alpha value is -1.42. The molecule has 21 heavy (non-hydrogen) atoms. The molecule has 0 spiro atoms. The van der Waals surface area contributed by atoms with Crippen molar-refractivity contribution < 1.29 is 14.3 Å². The lowest BCUT2D eigenvalue weighted by Crippen LogP contribution is -2.32. The Morgan fingerprint density at radius 2 is 2.24 bits per heavy atom. The van der Waals surface area contributed by atoms with Crippen LogP contribution in [0.3, 0.4) is 0 Å². The highest BCUT2D eigenvalue weighted by molar-refractivity contribution is 6.20. The second-order valence-electron chi connectivity index (χ2n) is 5.99. The third-order valence-electron chi connectivity index (χ3n) is 3.50. The van der Waals surface area contributed by atoms with Crippen molar-refractivity contribution in [1.82, 2.24) is 0 Å². The fourth-order valence-electron chi connectivity index (χ4n) is 2.16. The molecule has 1 aliphatic rings. The van der Waals surface area contributed by atoms with Crippen molar-refractivity contribution in [3.63, 3.8) is 0 Å². The van der Waals surface area contributed by atoms with Gasteiger partial charge in [-0.15, -0.1) is 11.6 Å². The van der Waals surface area contributed by atoms with Crippen LogP contribution < -0.4 is 14.8 Å². The number of carbonyl (C=O) groups excluding carboxylic acids is 1. The summed E-state index contributed by atoms with van der Waals surface area (Å²) in [4.78, 5) is 12.3. The molecule has 0 aromatic heterocycles. The molecule has 0 saturated carbocycles. The third-order valence-corrected chi connectivity index (χ3v) is 4.16. The van der Waals surface area contributed by atoms with Gasteiger partial charge in [0.05, 0.1) is 17.7 Å². The van der Waals surface area contributed by atoms with Gasteiger partial charge in [0.15, 0.2) is 0 Å². The van der Waals surface area contributed by atoms with Crippen molar-refractivity contribution >= 4 is 23.2 Å². The molecular formula is C16H22ClNO3. The van der Waals surface area contributed by atoms with Crippen molar-refractivity contribution in [2.75, 3.05) is 17.8 Å². The molecule has 0 bridgehead atoms. The van der Waals surface area contributed by atoms with E-state index in [-0.39, 0.29) is 17.9 Å². The average molecular weight is 312 g/mol. The SMILES string of the molecule is CCOc1cc2c(cc1NC(=O)C(C)(C)CCl)OC(C)C2. The van der Waals surface area contributed by atoms with Gasteiger partial charge in [-0.25, -0.2) is 0 Å². The zero-order chi connectivity index (χ0) is 15.6. The Labute approximate surface area is 130 Å². The molecule has 1 unspecified atom stereocenters. The van der Waals surface area contributed by atoms with Crippen molar-refractivity contribution in [1.29, 1.82) is 0 Å². The summed E-state index contributed by atoms with van der Waals surface area (Å²) >= 11 is 5.85. The minimum absolute atomic E-state index is 0.135. The summed E-state index contributed by atoms with van der Waals surface area (Å²) in [7, 11) is 0. The third kappa shape index (κ3) is 3.43. The van der Waals surface area contributed by atoms with Crippen LogP contribution in [0, 0.1) is 5.41 Å². The Kier molecular flexibility index (Phi) is 4.67. The summed E-state index contributed by atoms with van der Waals surface area (Å²) in [6, 6.07) is 3.79. The van der Waals surface area contributed by atoms with Gasteiger partial charge in [-0.05, 0) is 33.8 Å². The summed E-state index contributed by atoms with van der Waals surface area (Å²) in [6.07, 6.45) is 1.01. The molecule has 116 valence electrons. The standard InChI is InChI=1S/C16H22ClNO3/c1-5-20-14-7-11-6-10(2)21-13(11)8-12(14)18-15(19)16(3,4)9-17/h7-8,10H,5-6,9H2,1-4H3,(H,18,19). The molecule has 1 aliphatic heterocycles.